The van der Waals surface area contributed by atoms with E-state index in [1.165, 1.54) is 32.4 Å². The smallest absolute Gasteiger partial charge is 0.339 e. The van der Waals surface area contributed by atoms with Gasteiger partial charge in [0.1, 0.15) is 6.07 Å². The van der Waals surface area contributed by atoms with Crippen LogP contribution in [-0.2, 0) is 9.47 Å². The fraction of sp³-hybridized carbons (Fsp3) is 0.111. The first kappa shape index (κ1) is 21.8. The second kappa shape index (κ2) is 10.2. The van der Waals surface area contributed by atoms with Crippen LogP contribution in [0.3, 0.4) is 0 Å². The van der Waals surface area contributed by atoms with Crippen molar-refractivity contribution in [3.05, 3.63) is 63.1 Å². The van der Waals surface area contributed by atoms with Gasteiger partial charge in [0, 0.05) is 15.6 Å². The summed E-state index contributed by atoms with van der Waals surface area (Å²) in [4.78, 5) is 22.6. The van der Waals surface area contributed by atoms with E-state index < -0.39 is 11.9 Å². The number of carbonyl (C=O) groups is 2. The minimum absolute atomic E-state index is 0.192. The Labute approximate surface area is 175 Å². The third-order valence-electron chi connectivity index (χ3n) is 3.48. The zero-order valence-electron chi connectivity index (χ0n) is 15.1. The van der Waals surface area contributed by atoms with E-state index in [0.717, 1.165) is 0 Å². The van der Waals surface area contributed by atoms with Gasteiger partial charge in [0.05, 0.1) is 30.9 Å². The molecule has 0 saturated heterocycles. The van der Waals surface area contributed by atoms with Crippen LogP contribution in [0.25, 0.3) is 11.4 Å². The maximum absolute atomic E-state index is 11.5. The van der Waals surface area contributed by atoms with E-state index >= 15 is 0 Å². The second-order valence-electron chi connectivity index (χ2n) is 5.21. The Hall–Kier alpha value is -3.48. The number of ether oxygens (including phenoxy) is 2. The lowest BCUT2D eigenvalue weighted by Gasteiger charge is -2.04. The van der Waals surface area contributed by atoms with E-state index in [9.17, 15) is 9.59 Å². The van der Waals surface area contributed by atoms with Crippen molar-refractivity contribution in [2.24, 2.45) is 0 Å². The Balaban J connectivity index is 0.000000212. The third-order valence-corrected chi connectivity index (χ3v) is 3.95. The fourth-order valence-electron chi connectivity index (χ4n) is 2.16. The van der Waals surface area contributed by atoms with Crippen LogP contribution < -0.4 is 0 Å². The average molecular weight is 434 g/mol. The molecule has 1 heterocycles. The number of nitriles is 1. The largest absolute Gasteiger partial charge is 0.465 e. The predicted octanol–water partition coefficient (Wildman–Crippen LogP) is 3.30. The van der Waals surface area contributed by atoms with Crippen molar-refractivity contribution in [3.8, 4) is 17.5 Å². The quantitative estimate of drug-likeness (QED) is 0.622. The molecule has 0 bridgehead atoms. The maximum atomic E-state index is 11.5. The number of methoxy groups -OCH3 is 2. The molecule has 3 rings (SSSR count). The first-order valence-corrected chi connectivity index (χ1v) is 8.56. The summed E-state index contributed by atoms with van der Waals surface area (Å²) in [6.07, 6.45) is 0. The number of carbonyl (C=O) groups excluding carboxylic acids is 2. The van der Waals surface area contributed by atoms with Crippen molar-refractivity contribution in [1.82, 2.24) is 20.6 Å². The Morgan fingerprint density at radius 2 is 1.59 bits per heavy atom. The molecule has 1 aromatic heterocycles. The summed E-state index contributed by atoms with van der Waals surface area (Å²) >= 11 is 11.5. The van der Waals surface area contributed by atoms with Gasteiger partial charge in [0.2, 0.25) is 5.82 Å². The van der Waals surface area contributed by atoms with E-state index in [1.807, 2.05) is 6.07 Å². The Morgan fingerprint density at radius 1 is 1.00 bits per heavy atom. The highest BCUT2D eigenvalue weighted by Gasteiger charge is 2.16. The number of benzene rings is 2. The van der Waals surface area contributed by atoms with Gasteiger partial charge in [-0.05, 0) is 41.6 Å². The lowest BCUT2D eigenvalue weighted by atomic mass is 10.1. The Bertz CT molecular complexity index is 1060. The van der Waals surface area contributed by atoms with Crippen LogP contribution in [-0.4, -0.2) is 46.8 Å². The number of aromatic nitrogens is 4. The maximum Gasteiger partial charge on any atom is 0.339 e. The molecule has 0 amide bonds. The topological polar surface area (TPSA) is 131 Å². The van der Waals surface area contributed by atoms with Gasteiger partial charge in [0.15, 0.2) is 0 Å². The van der Waals surface area contributed by atoms with Gasteiger partial charge in [0.25, 0.3) is 0 Å². The molecule has 0 unspecified atom stereocenters. The van der Waals surface area contributed by atoms with E-state index in [1.54, 1.807) is 18.2 Å². The molecular weight excluding hydrogens is 421 g/mol. The molecule has 2 aromatic carbocycles. The number of tetrazole rings is 1. The number of hydrogen-bond donors (Lipinski definition) is 1. The highest BCUT2D eigenvalue weighted by Crippen LogP contribution is 2.23. The number of H-pyrrole nitrogens is 1. The van der Waals surface area contributed by atoms with E-state index in [0.29, 0.717) is 27.0 Å². The molecule has 0 spiro atoms. The van der Waals surface area contributed by atoms with Crippen LogP contribution in [0.1, 0.15) is 26.3 Å². The number of nitrogens with zero attached hydrogens (tertiary/aromatic N) is 4. The lowest BCUT2D eigenvalue weighted by Crippen LogP contribution is -2.04. The minimum atomic E-state index is -0.556. The zero-order chi connectivity index (χ0) is 21.4. The van der Waals surface area contributed by atoms with Crippen molar-refractivity contribution < 1.29 is 19.1 Å². The summed E-state index contributed by atoms with van der Waals surface area (Å²) in [5, 5.41) is 22.8. The number of halogens is 2. The van der Waals surface area contributed by atoms with E-state index in [4.69, 9.17) is 28.5 Å². The molecule has 3 aromatic rings. The van der Waals surface area contributed by atoms with Gasteiger partial charge in [-0.15, -0.1) is 10.2 Å². The van der Waals surface area contributed by atoms with Gasteiger partial charge in [-0.1, -0.05) is 23.2 Å². The SMILES string of the molecule is COC(=O)c1cc(Cl)ccc1-c1nn[nH]n1.COC(=O)c1cc(Cl)ccc1C#N. The number of nitrogens with one attached hydrogen (secondary N) is 1. The fourth-order valence-corrected chi connectivity index (χ4v) is 2.50. The summed E-state index contributed by atoms with van der Waals surface area (Å²) in [7, 11) is 2.55. The van der Waals surface area contributed by atoms with Crippen molar-refractivity contribution in [2.75, 3.05) is 14.2 Å². The minimum Gasteiger partial charge on any atom is -0.465 e. The van der Waals surface area contributed by atoms with Gasteiger partial charge in [-0.3, -0.25) is 0 Å². The molecule has 0 radical (unpaired) electrons. The van der Waals surface area contributed by atoms with Crippen molar-refractivity contribution in [1.29, 1.82) is 5.26 Å². The van der Waals surface area contributed by atoms with Gasteiger partial charge >= 0.3 is 11.9 Å². The first-order valence-electron chi connectivity index (χ1n) is 7.81. The van der Waals surface area contributed by atoms with Crippen LogP contribution in [0.5, 0.6) is 0 Å². The van der Waals surface area contributed by atoms with E-state index in [2.05, 4.69) is 30.1 Å². The predicted molar refractivity (Wildman–Crippen MR) is 103 cm³/mol. The molecule has 0 saturated carbocycles. The molecule has 0 fully saturated rings. The number of hydrogen-bond acceptors (Lipinski definition) is 8. The summed E-state index contributed by atoms with van der Waals surface area (Å²) in [5.74, 6) is -0.738. The summed E-state index contributed by atoms with van der Waals surface area (Å²) in [6, 6.07) is 11.1. The Kier molecular flexibility index (Phi) is 7.65. The summed E-state index contributed by atoms with van der Waals surface area (Å²) in [5.41, 5.74) is 1.27. The monoisotopic (exact) mass is 433 g/mol. The molecule has 0 aliphatic carbocycles. The molecule has 29 heavy (non-hydrogen) atoms. The van der Waals surface area contributed by atoms with Gasteiger partial charge in [-0.2, -0.15) is 10.5 Å². The van der Waals surface area contributed by atoms with Crippen LogP contribution in [0.2, 0.25) is 10.0 Å². The van der Waals surface area contributed by atoms with Crippen LogP contribution in [0.4, 0.5) is 0 Å². The summed E-state index contributed by atoms with van der Waals surface area (Å²) in [6.45, 7) is 0. The van der Waals surface area contributed by atoms with Crippen LogP contribution in [0, 0.1) is 11.3 Å². The highest BCUT2D eigenvalue weighted by atomic mass is 35.5. The molecule has 0 aliphatic rings. The molecule has 11 heteroatoms. The molecule has 1 N–H and O–H groups in total. The van der Waals surface area contributed by atoms with Crippen molar-refractivity contribution >= 4 is 35.1 Å². The molecule has 0 aliphatic heterocycles. The Morgan fingerprint density at radius 3 is 2.14 bits per heavy atom. The second-order valence-corrected chi connectivity index (χ2v) is 6.08. The number of esters is 2. The lowest BCUT2D eigenvalue weighted by molar-refractivity contribution is 0.0592. The number of rotatable bonds is 3. The molecule has 148 valence electrons. The first-order chi connectivity index (χ1) is 13.9. The van der Waals surface area contributed by atoms with Gasteiger partial charge < -0.3 is 9.47 Å². The highest BCUT2D eigenvalue weighted by molar-refractivity contribution is 6.31. The normalized spacial score (nSPS) is 9.62. The average Bonchev–Trinajstić information content (AvgIpc) is 3.27. The van der Waals surface area contributed by atoms with Crippen LogP contribution in [0.15, 0.2) is 36.4 Å². The zero-order valence-corrected chi connectivity index (χ0v) is 16.7. The van der Waals surface area contributed by atoms with E-state index in [-0.39, 0.29) is 11.1 Å². The summed E-state index contributed by atoms with van der Waals surface area (Å²) < 4.78 is 9.13. The van der Waals surface area contributed by atoms with Crippen molar-refractivity contribution in [2.45, 2.75) is 0 Å². The van der Waals surface area contributed by atoms with Crippen LogP contribution >= 0.6 is 23.2 Å². The molecular formula is C18H13Cl2N5O4. The third kappa shape index (κ3) is 5.51. The number of aromatic amines is 1. The standard InChI is InChI=1S/C9H7ClN4O2.C9H6ClNO2/c1-16-9(15)7-4-5(10)2-3-6(7)8-11-13-14-12-8;1-13-9(12)8-4-7(10)3-2-6(8)5-11/h2-4H,1H3,(H,11,12,13,14);2-4H,1H3. The van der Waals surface area contributed by atoms with Crippen molar-refractivity contribution in [3.63, 3.8) is 0 Å². The molecule has 0 atom stereocenters. The van der Waals surface area contributed by atoms with Gasteiger partial charge in [-0.25, -0.2) is 9.59 Å². The molecule has 9 nitrogen and oxygen atoms in total.